The van der Waals surface area contributed by atoms with Crippen molar-refractivity contribution in [2.45, 2.75) is 0 Å². The summed E-state index contributed by atoms with van der Waals surface area (Å²) in [5, 5.41) is 0. The van der Waals surface area contributed by atoms with E-state index in [0.717, 1.165) is 0 Å². The topological polar surface area (TPSA) is 0 Å². The van der Waals surface area contributed by atoms with Gasteiger partial charge in [0.1, 0.15) is 0 Å². The van der Waals surface area contributed by atoms with Crippen molar-refractivity contribution < 1.29 is 118 Å². The quantitative estimate of drug-likeness (QED) is 0.135. The van der Waals surface area contributed by atoms with Crippen molar-refractivity contribution in [3.8, 4) is 0 Å². The Morgan fingerprint density at radius 3 is 0.556 bits per heavy atom. The number of hydrogen-bond acceptors (Lipinski definition) is 10. The molecule has 0 aromatic rings. The van der Waals surface area contributed by atoms with Gasteiger partial charge in [0.15, 0.2) is 0 Å². The summed E-state index contributed by atoms with van der Waals surface area (Å²) in [6, 6.07) is 0. The molecule has 0 atom stereocenters. The van der Waals surface area contributed by atoms with Crippen molar-refractivity contribution in [2.24, 2.45) is 0 Å². The van der Waals surface area contributed by atoms with Crippen molar-refractivity contribution in [1.29, 1.82) is 0 Å². The van der Waals surface area contributed by atoms with E-state index < -0.39 is 43.7 Å². The first-order chi connectivity index (χ1) is 4.90. The molecular weight excluding hydrogens is 703 g/mol. The second-order valence-corrected chi connectivity index (χ2v) is 96.4. The van der Waals surface area contributed by atoms with Crippen LogP contribution in [0.4, 0.5) is 0 Å². The van der Waals surface area contributed by atoms with Gasteiger partial charge in [-0.1, -0.05) is 0 Å². The second-order valence-electron chi connectivity index (χ2n) is 1.61. The van der Waals surface area contributed by atoms with Gasteiger partial charge in [0, 0.05) is 0 Å². The van der Waals surface area contributed by atoms with E-state index in [9.17, 15) is 0 Å². The van der Waals surface area contributed by atoms with Gasteiger partial charge in [0.25, 0.3) is 0 Å². The molecular formula is H4Ge4Na4S10. The molecule has 0 aliphatic carbocycles. The molecule has 0 spiro atoms. The molecule has 0 aromatic carbocycles. The maximum atomic E-state index is 2.56. The average molecular weight is 707 g/mol. The summed E-state index contributed by atoms with van der Waals surface area (Å²) < 4.78 is 0. The van der Waals surface area contributed by atoms with E-state index in [4.69, 9.17) is 0 Å². The average Bonchev–Trinajstić information content (AvgIpc) is 1.82. The molecule has 4 rings (SSSR count). The fourth-order valence-electron chi connectivity index (χ4n) is 0.658. The Balaban J connectivity index is -0.0000000450. The molecule has 0 nitrogen and oxygen atoms in total. The van der Waals surface area contributed by atoms with E-state index in [0.29, 0.717) is 0 Å². The summed E-state index contributed by atoms with van der Waals surface area (Å²) in [4.78, 5) is 0. The Morgan fingerprint density at radius 2 is 0.444 bits per heavy atom. The van der Waals surface area contributed by atoms with Crippen LogP contribution in [0.2, 0.25) is 0 Å². The predicted molar refractivity (Wildman–Crippen MR) is 104 cm³/mol. The van der Waals surface area contributed by atoms with Crippen molar-refractivity contribution in [2.75, 3.05) is 0 Å². The van der Waals surface area contributed by atoms with E-state index in [2.05, 4.69) is 50.5 Å². The molecule has 4 bridgehead atoms. The summed E-state index contributed by atoms with van der Waals surface area (Å²) in [5.74, 6) is 0. The molecule has 4 aliphatic rings. The maximum absolute atomic E-state index is 2.56. The summed E-state index contributed by atoms with van der Waals surface area (Å²) in [7, 11) is 13.7. The van der Waals surface area contributed by atoms with Crippen LogP contribution < -0.4 is 118 Å². The molecule has 0 N–H and O–H groups in total. The molecule has 4 aliphatic heterocycles. The third kappa shape index (κ3) is 13.8. The molecule has 0 unspecified atom stereocenters. The Bertz CT molecular complexity index is 117. The standard InChI is InChI=1S/Ge4S6.4Na.4H2S/c5-1-6-3-8-2(5)9-4(7-1)10-3;;;;;;;;/h;;;;;4*1H2/q;4*+1;;;;/p-4. The zero-order valence-corrected chi connectivity index (χ0v) is 35.1. The van der Waals surface area contributed by atoms with Crippen molar-refractivity contribution in [3.63, 3.8) is 0 Å². The van der Waals surface area contributed by atoms with Crippen LogP contribution in [0.15, 0.2) is 0 Å². The third-order valence-corrected chi connectivity index (χ3v) is 243. The number of rotatable bonds is 0. The van der Waals surface area contributed by atoms with E-state index in [1.54, 1.807) is 0 Å². The monoisotopic (exact) mass is 711 g/mol. The van der Waals surface area contributed by atoms with E-state index in [1.807, 2.05) is 0 Å². The summed E-state index contributed by atoms with van der Waals surface area (Å²) in [6.07, 6.45) is 0. The fraction of sp³-hybridized carbons (Fsp3) is 0. The van der Waals surface area contributed by atoms with Gasteiger partial charge in [0.05, 0.1) is 0 Å². The van der Waals surface area contributed by atoms with Gasteiger partial charge in [-0.3, -0.25) is 0 Å². The fourth-order valence-corrected chi connectivity index (χ4v) is 613. The van der Waals surface area contributed by atoms with Crippen LogP contribution in [-0.4, -0.2) is 43.7 Å². The van der Waals surface area contributed by atoms with E-state index in [1.165, 1.54) is 0 Å². The van der Waals surface area contributed by atoms with Crippen molar-refractivity contribution in [1.82, 2.24) is 0 Å². The van der Waals surface area contributed by atoms with Gasteiger partial charge < -0.3 is 54.0 Å². The van der Waals surface area contributed by atoms with Gasteiger partial charge in [-0.15, -0.1) is 0 Å². The number of thiol groups is 4. The predicted octanol–water partition coefficient (Wildman–Crippen LogP) is -10.7. The van der Waals surface area contributed by atoms with Crippen molar-refractivity contribution in [3.05, 3.63) is 0 Å². The molecule has 0 saturated carbocycles. The van der Waals surface area contributed by atoms with Gasteiger partial charge in [-0.2, -0.15) is 0 Å². The zero-order valence-electron chi connectivity index (χ0n) is 10.2. The minimum absolute atomic E-state index is 0. The van der Waals surface area contributed by atoms with Crippen molar-refractivity contribution >= 4 is 148 Å². The molecule has 0 aromatic heterocycles. The molecule has 4 fully saturated rings. The van der Waals surface area contributed by atoms with Crippen LogP contribution in [0.3, 0.4) is 0 Å². The first kappa shape index (κ1) is 41.9. The molecule has 4 radical (unpaired) electrons. The summed E-state index contributed by atoms with van der Waals surface area (Å²) >= 11 is 0. The first-order valence-corrected chi connectivity index (χ1v) is 38.2. The molecule has 18 heteroatoms. The van der Waals surface area contributed by atoms with Gasteiger partial charge >= 0.3 is 212 Å². The molecule has 4 heterocycles. The minimum atomic E-state index is -0.427. The second kappa shape index (κ2) is 23.0. The molecule has 4 saturated heterocycles. The SMILES string of the molecule is [Na+].[Na+].[Na+].[Na+].[SH-].[SH-].[SH-].[SH-].[S]1[Ge]2[S][Ge]3[S][Ge]1[S][Ge]([S]2)[S]3. The Kier molecular flexibility index (Phi) is 53.5. The molecule has 0 amide bonds. The van der Waals surface area contributed by atoms with Crippen LogP contribution in [0.5, 0.6) is 0 Å². The summed E-state index contributed by atoms with van der Waals surface area (Å²) in [6.45, 7) is 0. The van der Waals surface area contributed by atoms with Crippen LogP contribution in [0.1, 0.15) is 0 Å². The van der Waals surface area contributed by atoms with Gasteiger partial charge in [-0.25, -0.2) is 0 Å². The van der Waals surface area contributed by atoms with E-state index in [-0.39, 0.29) is 172 Å². The van der Waals surface area contributed by atoms with Crippen LogP contribution in [-0.2, 0) is 54.0 Å². The third-order valence-electron chi connectivity index (χ3n) is 1.000. The van der Waals surface area contributed by atoms with Crippen LogP contribution >= 0.6 is 50.5 Å². The molecule has 84 valence electrons. The molecule has 18 heavy (non-hydrogen) atoms. The summed E-state index contributed by atoms with van der Waals surface area (Å²) in [5.41, 5.74) is 0. The van der Waals surface area contributed by atoms with Crippen LogP contribution in [0.25, 0.3) is 0 Å². The van der Waals surface area contributed by atoms with Crippen LogP contribution in [0, 0.1) is 0 Å². The Hall–Kier alpha value is 9.67. The Morgan fingerprint density at radius 1 is 0.333 bits per heavy atom. The zero-order chi connectivity index (χ0) is 6.55. The first-order valence-electron chi connectivity index (χ1n) is 2.45. The number of hydrogen-bond donors (Lipinski definition) is 0. The van der Waals surface area contributed by atoms with E-state index >= 15 is 0 Å². The van der Waals surface area contributed by atoms with Gasteiger partial charge in [0.2, 0.25) is 0 Å². The Labute approximate surface area is 258 Å². The van der Waals surface area contributed by atoms with Gasteiger partial charge in [-0.05, 0) is 0 Å². The normalized spacial score (nSPS) is 20.0.